The Labute approximate surface area is 170 Å². The first-order valence-corrected chi connectivity index (χ1v) is 10.5. The Bertz CT molecular complexity index is 1170. The van der Waals surface area contributed by atoms with Crippen LogP contribution in [-0.2, 0) is 6.54 Å². The fraction of sp³-hybridized carbons (Fsp3) is 0.280. The molecule has 1 aliphatic carbocycles. The van der Waals surface area contributed by atoms with Gasteiger partial charge in [0, 0.05) is 6.20 Å². The zero-order valence-corrected chi connectivity index (χ0v) is 16.5. The first kappa shape index (κ1) is 17.9. The van der Waals surface area contributed by atoms with E-state index in [-0.39, 0.29) is 5.69 Å². The largest absolute Gasteiger partial charge is 0.335 e. The van der Waals surface area contributed by atoms with E-state index in [9.17, 15) is 4.79 Å². The Kier molecular flexibility index (Phi) is 4.76. The Morgan fingerprint density at radius 3 is 2.28 bits per heavy atom. The van der Waals surface area contributed by atoms with Gasteiger partial charge < -0.3 is 0 Å². The van der Waals surface area contributed by atoms with E-state index in [1.165, 1.54) is 37.7 Å². The van der Waals surface area contributed by atoms with E-state index in [2.05, 4.69) is 29.2 Å². The number of hydrogen-bond acceptors (Lipinski definition) is 2. The summed E-state index contributed by atoms with van der Waals surface area (Å²) in [6.07, 6.45) is 8.38. The average molecular weight is 383 g/mol. The third-order valence-corrected chi connectivity index (χ3v) is 6.11. The molecule has 5 rings (SSSR count). The molecular formula is C25H25N3O. The van der Waals surface area contributed by atoms with Gasteiger partial charge in [-0.1, -0.05) is 61.7 Å². The molecule has 0 aliphatic heterocycles. The number of fused-ring (bicyclic) bond motifs is 1. The van der Waals surface area contributed by atoms with Crippen LogP contribution in [0.25, 0.3) is 16.9 Å². The molecule has 4 aromatic rings. The highest BCUT2D eigenvalue weighted by Crippen LogP contribution is 2.32. The van der Waals surface area contributed by atoms with Crippen LogP contribution in [0.15, 0.2) is 77.7 Å². The number of hydrogen-bond donors (Lipinski definition) is 0. The molecule has 1 saturated carbocycles. The lowest BCUT2D eigenvalue weighted by molar-refractivity contribution is 0.443. The molecule has 0 saturated heterocycles. The number of pyridine rings is 1. The third-order valence-electron chi connectivity index (χ3n) is 6.11. The van der Waals surface area contributed by atoms with Crippen molar-refractivity contribution < 1.29 is 0 Å². The van der Waals surface area contributed by atoms with Gasteiger partial charge in [-0.3, -0.25) is 4.57 Å². The predicted molar refractivity (Wildman–Crippen MR) is 117 cm³/mol. The second-order valence-electron chi connectivity index (χ2n) is 7.96. The van der Waals surface area contributed by atoms with E-state index in [0.717, 1.165) is 16.6 Å². The first-order valence-electron chi connectivity index (χ1n) is 10.5. The van der Waals surface area contributed by atoms with Gasteiger partial charge in [0.1, 0.15) is 5.82 Å². The molecule has 1 aliphatic rings. The van der Waals surface area contributed by atoms with Gasteiger partial charge in [-0.05, 0) is 54.2 Å². The fourth-order valence-electron chi connectivity index (χ4n) is 4.58. The molecule has 0 radical (unpaired) electrons. The Morgan fingerprint density at radius 1 is 0.828 bits per heavy atom. The maximum atomic E-state index is 13.3. The van der Waals surface area contributed by atoms with Crippen LogP contribution in [0.3, 0.4) is 0 Å². The lowest BCUT2D eigenvalue weighted by Crippen LogP contribution is -2.24. The minimum atomic E-state index is -0.0544. The summed E-state index contributed by atoms with van der Waals surface area (Å²) in [6, 6.07) is 22.5. The van der Waals surface area contributed by atoms with E-state index < -0.39 is 0 Å². The topological polar surface area (TPSA) is 39.8 Å². The average Bonchev–Trinajstić information content (AvgIpc) is 3.07. The van der Waals surface area contributed by atoms with Crippen LogP contribution in [0.2, 0.25) is 0 Å². The van der Waals surface area contributed by atoms with Gasteiger partial charge in [0.15, 0.2) is 0 Å². The van der Waals surface area contributed by atoms with E-state index in [4.69, 9.17) is 0 Å². The zero-order valence-electron chi connectivity index (χ0n) is 16.5. The standard InChI is InChI=1S/C25H25N3O/c29-25-27(18-19-13-15-21(16-14-19)20-8-2-1-3-9-20)22-10-4-5-11-23(22)28(25)24-12-6-7-17-26-24/h4-7,10-17,20H,1-3,8-9,18H2. The van der Waals surface area contributed by atoms with Gasteiger partial charge in [0.2, 0.25) is 0 Å². The van der Waals surface area contributed by atoms with E-state index in [1.807, 2.05) is 47.0 Å². The summed E-state index contributed by atoms with van der Waals surface area (Å²) in [5.41, 5.74) is 4.35. The third kappa shape index (κ3) is 3.39. The van der Waals surface area contributed by atoms with Gasteiger partial charge in [-0.15, -0.1) is 0 Å². The van der Waals surface area contributed by atoms with Crippen molar-refractivity contribution >= 4 is 11.0 Å². The quantitative estimate of drug-likeness (QED) is 0.481. The molecule has 2 aromatic heterocycles. The molecule has 2 aromatic carbocycles. The highest BCUT2D eigenvalue weighted by molar-refractivity contribution is 5.77. The molecule has 4 heteroatoms. The predicted octanol–water partition coefficient (Wildman–Crippen LogP) is 5.28. The molecule has 0 atom stereocenters. The lowest BCUT2D eigenvalue weighted by atomic mass is 9.84. The molecular weight excluding hydrogens is 358 g/mol. The zero-order chi connectivity index (χ0) is 19.6. The van der Waals surface area contributed by atoms with Crippen molar-refractivity contribution in [3.8, 4) is 5.82 Å². The smallest absolute Gasteiger partial charge is 0.287 e. The summed E-state index contributed by atoms with van der Waals surface area (Å²) in [5, 5.41) is 0. The number of nitrogens with zero attached hydrogens (tertiary/aromatic N) is 3. The Balaban J connectivity index is 1.51. The highest BCUT2D eigenvalue weighted by atomic mass is 16.1. The van der Waals surface area contributed by atoms with Crippen LogP contribution < -0.4 is 5.69 Å². The summed E-state index contributed by atoms with van der Waals surface area (Å²) in [7, 11) is 0. The summed E-state index contributed by atoms with van der Waals surface area (Å²) in [6.45, 7) is 0.560. The number of imidazole rings is 1. The Morgan fingerprint density at radius 2 is 1.55 bits per heavy atom. The van der Waals surface area contributed by atoms with Crippen LogP contribution in [0.5, 0.6) is 0 Å². The summed E-state index contributed by atoms with van der Waals surface area (Å²) < 4.78 is 3.55. The monoisotopic (exact) mass is 383 g/mol. The van der Waals surface area contributed by atoms with Gasteiger partial charge in [-0.25, -0.2) is 14.3 Å². The van der Waals surface area contributed by atoms with E-state index >= 15 is 0 Å². The number of aromatic nitrogens is 3. The van der Waals surface area contributed by atoms with Crippen molar-refractivity contribution in [2.45, 2.75) is 44.6 Å². The molecule has 29 heavy (non-hydrogen) atoms. The van der Waals surface area contributed by atoms with Crippen molar-refractivity contribution in [3.63, 3.8) is 0 Å². The highest BCUT2D eigenvalue weighted by Gasteiger charge is 2.17. The summed E-state index contributed by atoms with van der Waals surface area (Å²) in [4.78, 5) is 17.7. The fourth-order valence-corrected chi connectivity index (χ4v) is 4.58. The normalized spacial score (nSPS) is 15.0. The Hall–Kier alpha value is -3.14. The molecule has 2 heterocycles. The molecule has 0 amide bonds. The molecule has 4 nitrogen and oxygen atoms in total. The van der Waals surface area contributed by atoms with Crippen LogP contribution in [0.1, 0.15) is 49.1 Å². The minimum absolute atomic E-state index is 0.0544. The van der Waals surface area contributed by atoms with Gasteiger partial charge in [0.05, 0.1) is 17.6 Å². The van der Waals surface area contributed by atoms with Gasteiger partial charge in [0.25, 0.3) is 0 Å². The van der Waals surface area contributed by atoms with Crippen molar-refractivity contribution in [1.82, 2.24) is 14.1 Å². The van der Waals surface area contributed by atoms with Crippen LogP contribution in [0, 0.1) is 0 Å². The van der Waals surface area contributed by atoms with E-state index in [1.54, 1.807) is 10.8 Å². The van der Waals surface area contributed by atoms with Crippen LogP contribution >= 0.6 is 0 Å². The SMILES string of the molecule is O=c1n(Cc2ccc(C3CCCCC3)cc2)c2ccccc2n1-c1ccccn1. The molecule has 0 N–H and O–H groups in total. The maximum absolute atomic E-state index is 13.3. The van der Waals surface area contributed by atoms with Crippen LogP contribution in [0.4, 0.5) is 0 Å². The molecule has 1 fully saturated rings. The number of rotatable bonds is 4. The van der Waals surface area contributed by atoms with Crippen molar-refractivity contribution in [2.75, 3.05) is 0 Å². The van der Waals surface area contributed by atoms with Crippen molar-refractivity contribution in [2.24, 2.45) is 0 Å². The van der Waals surface area contributed by atoms with Gasteiger partial charge >= 0.3 is 5.69 Å². The van der Waals surface area contributed by atoms with Crippen LogP contribution in [-0.4, -0.2) is 14.1 Å². The molecule has 0 bridgehead atoms. The second kappa shape index (κ2) is 7.70. The maximum Gasteiger partial charge on any atom is 0.335 e. The second-order valence-corrected chi connectivity index (χ2v) is 7.96. The van der Waals surface area contributed by atoms with Crippen molar-refractivity contribution in [1.29, 1.82) is 0 Å². The number of benzene rings is 2. The molecule has 0 spiro atoms. The summed E-state index contributed by atoms with van der Waals surface area (Å²) in [5.74, 6) is 1.35. The lowest BCUT2D eigenvalue weighted by Gasteiger charge is -2.22. The van der Waals surface area contributed by atoms with E-state index in [0.29, 0.717) is 18.3 Å². The first-order chi connectivity index (χ1) is 14.3. The summed E-state index contributed by atoms with van der Waals surface area (Å²) >= 11 is 0. The molecule has 0 unspecified atom stereocenters. The molecule has 146 valence electrons. The van der Waals surface area contributed by atoms with Gasteiger partial charge in [-0.2, -0.15) is 0 Å². The number of para-hydroxylation sites is 2. The van der Waals surface area contributed by atoms with Crippen molar-refractivity contribution in [3.05, 3.63) is 94.5 Å². The minimum Gasteiger partial charge on any atom is -0.287 e.